The standard InChI is InChI=1S/C27H34N4O3/c1-19(2)17-24(28-20(3)32)25(33)31-16-13-27(18-31)11-14-30(15-12-27)26(34)29-23-10-6-8-21-7-4-5-9-22(21)23/h4-10,24H,1,11-18H2,2-3H3,(H,28,32)(H,29,34). The van der Waals surface area contributed by atoms with E-state index in [0.29, 0.717) is 32.6 Å². The molecule has 4 amide bonds. The van der Waals surface area contributed by atoms with Gasteiger partial charge in [0.1, 0.15) is 6.04 Å². The first-order chi connectivity index (χ1) is 16.3. The van der Waals surface area contributed by atoms with Gasteiger partial charge in [-0.3, -0.25) is 9.59 Å². The van der Waals surface area contributed by atoms with Gasteiger partial charge in [-0.1, -0.05) is 42.0 Å². The van der Waals surface area contributed by atoms with E-state index in [0.717, 1.165) is 41.3 Å². The molecule has 2 aliphatic heterocycles. The SMILES string of the molecule is C=C(C)CC(NC(C)=O)C(=O)N1CCC2(CCN(C(=O)Nc3cccc4ccccc34)CC2)C1. The van der Waals surface area contributed by atoms with Crippen LogP contribution < -0.4 is 10.6 Å². The Morgan fingerprint density at radius 3 is 2.29 bits per heavy atom. The Labute approximate surface area is 201 Å². The number of fused-ring (bicyclic) bond motifs is 1. The molecule has 34 heavy (non-hydrogen) atoms. The number of rotatable bonds is 5. The van der Waals surface area contributed by atoms with E-state index in [1.807, 2.05) is 59.2 Å². The van der Waals surface area contributed by atoms with Gasteiger partial charge in [0.2, 0.25) is 11.8 Å². The first-order valence-electron chi connectivity index (χ1n) is 12.0. The monoisotopic (exact) mass is 462 g/mol. The molecule has 2 aromatic rings. The number of nitrogens with one attached hydrogen (secondary N) is 2. The van der Waals surface area contributed by atoms with Crippen LogP contribution in [0, 0.1) is 5.41 Å². The van der Waals surface area contributed by atoms with Gasteiger partial charge in [0.05, 0.1) is 5.69 Å². The van der Waals surface area contributed by atoms with Gasteiger partial charge in [-0.05, 0) is 49.5 Å². The zero-order valence-corrected chi connectivity index (χ0v) is 20.1. The second kappa shape index (κ2) is 9.87. The Hall–Kier alpha value is -3.35. The number of hydrogen-bond donors (Lipinski definition) is 2. The predicted molar refractivity (Wildman–Crippen MR) is 134 cm³/mol. The molecule has 2 heterocycles. The molecule has 0 aromatic heterocycles. The van der Waals surface area contributed by atoms with Crippen LogP contribution in [-0.2, 0) is 9.59 Å². The zero-order valence-electron chi connectivity index (χ0n) is 20.1. The van der Waals surface area contributed by atoms with Crippen LogP contribution in [0.1, 0.15) is 39.5 Å². The molecule has 7 heteroatoms. The van der Waals surface area contributed by atoms with E-state index in [1.54, 1.807) is 0 Å². The summed E-state index contributed by atoms with van der Waals surface area (Å²) in [5.41, 5.74) is 1.73. The lowest BCUT2D eigenvalue weighted by atomic mass is 9.78. The van der Waals surface area contributed by atoms with Crippen molar-refractivity contribution in [1.29, 1.82) is 0 Å². The number of urea groups is 1. The molecule has 2 N–H and O–H groups in total. The maximum absolute atomic E-state index is 13.1. The van der Waals surface area contributed by atoms with Crippen LogP contribution in [-0.4, -0.2) is 59.9 Å². The molecule has 0 bridgehead atoms. The summed E-state index contributed by atoms with van der Waals surface area (Å²) in [5, 5.41) is 7.99. The van der Waals surface area contributed by atoms with Crippen molar-refractivity contribution < 1.29 is 14.4 Å². The summed E-state index contributed by atoms with van der Waals surface area (Å²) < 4.78 is 0. The minimum absolute atomic E-state index is 0.0359. The van der Waals surface area contributed by atoms with Crippen LogP contribution in [0.25, 0.3) is 10.8 Å². The summed E-state index contributed by atoms with van der Waals surface area (Å²) in [6, 6.07) is 13.3. The number of likely N-dealkylation sites (tertiary alicyclic amines) is 2. The minimum atomic E-state index is -0.559. The Morgan fingerprint density at radius 2 is 1.62 bits per heavy atom. The number of amides is 4. The molecule has 1 spiro atoms. The largest absolute Gasteiger partial charge is 0.344 e. The molecular weight excluding hydrogens is 428 g/mol. The van der Waals surface area contributed by atoms with Gasteiger partial charge in [-0.25, -0.2) is 4.79 Å². The highest BCUT2D eigenvalue weighted by Crippen LogP contribution is 2.41. The second-order valence-corrected chi connectivity index (χ2v) is 9.87. The van der Waals surface area contributed by atoms with E-state index in [4.69, 9.17) is 0 Å². The fourth-order valence-corrected chi connectivity index (χ4v) is 5.26. The summed E-state index contributed by atoms with van der Waals surface area (Å²) >= 11 is 0. The average Bonchev–Trinajstić information content (AvgIpc) is 3.21. The van der Waals surface area contributed by atoms with Gasteiger partial charge in [-0.2, -0.15) is 0 Å². The van der Waals surface area contributed by atoms with E-state index < -0.39 is 6.04 Å². The molecule has 2 saturated heterocycles. The molecule has 2 aromatic carbocycles. The van der Waals surface area contributed by atoms with Crippen LogP contribution >= 0.6 is 0 Å². The Bertz CT molecular complexity index is 1080. The molecule has 2 fully saturated rings. The van der Waals surface area contributed by atoms with Crippen LogP contribution in [0.2, 0.25) is 0 Å². The third kappa shape index (κ3) is 5.24. The number of carbonyl (C=O) groups excluding carboxylic acids is 3. The fraction of sp³-hybridized carbons (Fsp3) is 0.444. The first kappa shape index (κ1) is 23.8. The maximum atomic E-state index is 13.1. The molecule has 1 unspecified atom stereocenters. The number of carbonyl (C=O) groups is 3. The number of hydrogen-bond acceptors (Lipinski definition) is 3. The molecular formula is C27H34N4O3. The van der Waals surface area contributed by atoms with Crippen LogP contribution in [0.5, 0.6) is 0 Å². The van der Waals surface area contributed by atoms with Gasteiger partial charge in [0.15, 0.2) is 0 Å². The van der Waals surface area contributed by atoms with Crippen molar-refractivity contribution >= 4 is 34.3 Å². The third-order valence-corrected chi connectivity index (χ3v) is 7.12. The minimum Gasteiger partial charge on any atom is -0.344 e. The zero-order chi connectivity index (χ0) is 24.3. The van der Waals surface area contributed by atoms with E-state index in [2.05, 4.69) is 17.2 Å². The lowest BCUT2D eigenvalue weighted by Gasteiger charge is -2.39. The van der Waals surface area contributed by atoms with Crippen LogP contribution in [0.3, 0.4) is 0 Å². The van der Waals surface area contributed by atoms with Crippen molar-refractivity contribution in [3.63, 3.8) is 0 Å². The topological polar surface area (TPSA) is 81.8 Å². The predicted octanol–water partition coefficient (Wildman–Crippen LogP) is 4.16. The van der Waals surface area contributed by atoms with Crippen LogP contribution in [0.4, 0.5) is 10.5 Å². The quantitative estimate of drug-likeness (QED) is 0.655. The van der Waals surface area contributed by atoms with E-state index in [-0.39, 0.29) is 23.3 Å². The molecule has 1 atom stereocenters. The maximum Gasteiger partial charge on any atom is 0.321 e. The Morgan fingerprint density at radius 1 is 0.971 bits per heavy atom. The van der Waals surface area contributed by atoms with Gasteiger partial charge in [0, 0.05) is 38.5 Å². The van der Waals surface area contributed by atoms with Crippen molar-refractivity contribution in [3.05, 3.63) is 54.6 Å². The smallest absolute Gasteiger partial charge is 0.321 e. The van der Waals surface area contributed by atoms with Crippen molar-refractivity contribution in [1.82, 2.24) is 15.1 Å². The van der Waals surface area contributed by atoms with E-state index in [9.17, 15) is 14.4 Å². The van der Waals surface area contributed by atoms with Crippen LogP contribution in [0.15, 0.2) is 54.6 Å². The Kier molecular flexibility index (Phi) is 6.91. The number of anilines is 1. The summed E-state index contributed by atoms with van der Waals surface area (Å²) in [6.45, 7) is 9.90. The molecule has 0 radical (unpaired) electrons. The van der Waals surface area contributed by atoms with Crippen molar-refractivity contribution in [2.45, 2.75) is 45.6 Å². The summed E-state index contributed by atoms with van der Waals surface area (Å²) in [6.07, 6.45) is 3.11. The lowest BCUT2D eigenvalue weighted by molar-refractivity contribution is -0.135. The number of benzene rings is 2. The summed E-state index contributed by atoms with van der Waals surface area (Å²) in [5.74, 6) is -0.245. The Balaban J connectivity index is 1.35. The van der Waals surface area contributed by atoms with E-state index in [1.165, 1.54) is 6.92 Å². The van der Waals surface area contributed by atoms with Crippen molar-refractivity contribution in [3.8, 4) is 0 Å². The van der Waals surface area contributed by atoms with Gasteiger partial charge in [0.25, 0.3) is 0 Å². The molecule has 0 saturated carbocycles. The normalized spacial score (nSPS) is 18.1. The van der Waals surface area contributed by atoms with Crippen molar-refractivity contribution in [2.24, 2.45) is 5.41 Å². The lowest BCUT2D eigenvalue weighted by Crippen LogP contribution is -2.49. The molecule has 0 aliphatic carbocycles. The molecule has 2 aliphatic rings. The van der Waals surface area contributed by atoms with Gasteiger partial charge < -0.3 is 20.4 Å². The van der Waals surface area contributed by atoms with E-state index >= 15 is 0 Å². The third-order valence-electron chi connectivity index (χ3n) is 7.12. The second-order valence-electron chi connectivity index (χ2n) is 9.87. The fourth-order valence-electron chi connectivity index (χ4n) is 5.26. The van der Waals surface area contributed by atoms with Gasteiger partial charge in [-0.15, -0.1) is 6.58 Å². The molecule has 180 valence electrons. The highest BCUT2D eigenvalue weighted by atomic mass is 16.2. The molecule has 4 rings (SSSR count). The highest BCUT2D eigenvalue weighted by Gasteiger charge is 2.43. The van der Waals surface area contributed by atoms with Crippen molar-refractivity contribution in [2.75, 3.05) is 31.5 Å². The molecule has 7 nitrogen and oxygen atoms in total. The number of piperidine rings is 1. The highest BCUT2D eigenvalue weighted by molar-refractivity contribution is 6.01. The summed E-state index contributed by atoms with van der Waals surface area (Å²) in [7, 11) is 0. The number of nitrogens with zero attached hydrogens (tertiary/aromatic N) is 2. The average molecular weight is 463 g/mol. The summed E-state index contributed by atoms with van der Waals surface area (Å²) in [4.78, 5) is 41.5. The van der Waals surface area contributed by atoms with Gasteiger partial charge >= 0.3 is 6.03 Å². The first-order valence-corrected chi connectivity index (χ1v) is 12.0.